The zero-order valence-electron chi connectivity index (χ0n) is 12.4. The van der Waals surface area contributed by atoms with Crippen LogP contribution in [-0.4, -0.2) is 42.7 Å². The van der Waals surface area contributed by atoms with Crippen LogP contribution in [0.25, 0.3) is 0 Å². The minimum atomic E-state index is -1.18. The van der Waals surface area contributed by atoms with Crippen LogP contribution in [0, 0.1) is 0 Å². The first-order chi connectivity index (χ1) is 9.18. The van der Waals surface area contributed by atoms with E-state index in [1.807, 2.05) is 0 Å². The summed E-state index contributed by atoms with van der Waals surface area (Å²) in [5, 5.41) is 12.1. The summed E-state index contributed by atoms with van der Waals surface area (Å²) in [6.07, 6.45) is 0.780. The van der Waals surface area contributed by atoms with E-state index in [9.17, 15) is 4.79 Å². The van der Waals surface area contributed by atoms with Gasteiger partial charge in [0.15, 0.2) is 0 Å². The molecule has 0 heterocycles. The summed E-state index contributed by atoms with van der Waals surface area (Å²) in [5.74, 6) is 0.245. The van der Waals surface area contributed by atoms with Crippen molar-refractivity contribution in [1.82, 2.24) is 5.09 Å². The third-order valence-electron chi connectivity index (χ3n) is 1.57. The van der Waals surface area contributed by atoms with Gasteiger partial charge in [0.25, 0.3) is 0 Å². The Morgan fingerprint density at radius 2 is 1.70 bits per heavy atom. The van der Waals surface area contributed by atoms with Gasteiger partial charge in [-0.05, 0) is 44.8 Å². The van der Waals surface area contributed by atoms with Crippen molar-refractivity contribution >= 4 is 26.2 Å². The molecule has 3 N–H and O–H groups in total. The maximum absolute atomic E-state index is 10.2. The van der Waals surface area contributed by atoms with Gasteiger partial charge in [0, 0.05) is 19.2 Å². The summed E-state index contributed by atoms with van der Waals surface area (Å²) in [5.41, 5.74) is -0.588. The van der Waals surface area contributed by atoms with Crippen molar-refractivity contribution in [2.24, 2.45) is 0 Å². The Morgan fingerprint density at radius 1 is 1.30 bits per heavy atom. The maximum Gasteiger partial charge on any atom is 0.139 e. The van der Waals surface area contributed by atoms with Crippen LogP contribution in [-0.2, 0) is 9.53 Å². The average Bonchev–Trinajstić information content (AvgIpc) is 2.33. The normalized spacial score (nSPS) is 11.3. The minimum Gasteiger partial charge on any atom is -0.508 e. The van der Waals surface area contributed by atoms with Crippen LogP contribution >= 0.6 is 19.9 Å². The summed E-state index contributed by atoms with van der Waals surface area (Å²) in [6.45, 7) is 5.07. The summed E-state index contributed by atoms with van der Waals surface area (Å²) in [6, 6.07) is 6.36. The number of benzene rings is 1. The molecule has 0 radical (unpaired) electrons. The lowest BCUT2D eigenvalue weighted by Gasteiger charge is -2.20. The Kier molecular flexibility index (Phi) is 13.0. The predicted molar refractivity (Wildman–Crippen MR) is 84.4 cm³/mol. The monoisotopic (exact) mass is 323 g/mol. The zero-order chi connectivity index (χ0) is 16.2. The Morgan fingerprint density at radius 3 is 1.90 bits per heavy atom. The molecule has 116 valence electrons. The summed E-state index contributed by atoms with van der Waals surface area (Å²) >= 11 is 5.50. The topological polar surface area (TPSA) is 78.8 Å². The smallest absolute Gasteiger partial charge is 0.139 e. The molecule has 0 fully saturated rings. The number of methoxy groups -OCH3 is 1. The Balaban J connectivity index is 0. The highest BCUT2D eigenvalue weighted by Crippen LogP contribution is 2.21. The number of aromatic hydroxyl groups is 1. The second-order valence-electron chi connectivity index (χ2n) is 4.36. The zero-order valence-corrected chi connectivity index (χ0v) is 14.1. The maximum atomic E-state index is 10.2. The van der Waals surface area contributed by atoms with Gasteiger partial charge in [-0.3, -0.25) is 5.09 Å². The molecule has 0 bridgehead atoms. The van der Waals surface area contributed by atoms with E-state index in [1.54, 1.807) is 59.0 Å². The van der Waals surface area contributed by atoms with E-state index in [0.717, 1.165) is 6.29 Å². The fourth-order valence-corrected chi connectivity index (χ4v) is 1.90. The van der Waals surface area contributed by atoms with E-state index >= 15 is 0 Å². The van der Waals surface area contributed by atoms with Gasteiger partial charge in [-0.2, -0.15) is 0 Å². The number of ether oxygens (including phenoxy) is 1. The van der Waals surface area contributed by atoms with Crippen LogP contribution in [0.15, 0.2) is 24.3 Å². The molecule has 0 saturated carbocycles. The molecule has 0 saturated heterocycles. The number of rotatable bonds is 3. The lowest BCUT2D eigenvalue weighted by molar-refractivity contribution is -0.111. The Hall–Kier alpha value is -0.710. The first-order valence-corrected chi connectivity index (χ1v) is 7.82. The SMILES string of the molecule is COC.CP(O)NC(C)(C)C=O.Oc1ccc(Cl)cc1. The van der Waals surface area contributed by atoms with Crippen molar-refractivity contribution in [3.05, 3.63) is 29.3 Å². The van der Waals surface area contributed by atoms with E-state index < -0.39 is 13.8 Å². The number of phenolic OH excluding ortho intramolecular Hbond substituents is 1. The number of hydrogen-bond donors (Lipinski definition) is 3. The number of nitrogens with one attached hydrogen (secondary N) is 1. The molecular weight excluding hydrogens is 301 g/mol. The van der Waals surface area contributed by atoms with E-state index in [2.05, 4.69) is 9.82 Å². The van der Waals surface area contributed by atoms with Gasteiger partial charge in [0.2, 0.25) is 0 Å². The number of carbonyl (C=O) groups is 1. The standard InChI is InChI=1S/C6H5ClO.C5H12NO2P.C2H6O/c7-5-1-3-6(8)4-2-5;1-5(2,4-7)6-9(3)8;1-3-2/h1-4,8H;4,6,8H,1-3H3;1-2H3. The fraction of sp³-hybridized carbons (Fsp3) is 0.462. The first kappa shape index (κ1) is 21.6. The van der Waals surface area contributed by atoms with Gasteiger partial charge in [0.1, 0.15) is 12.0 Å². The van der Waals surface area contributed by atoms with E-state index in [1.165, 1.54) is 0 Å². The van der Waals surface area contributed by atoms with E-state index in [4.69, 9.17) is 21.6 Å². The highest BCUT2D eigenvalue weighted by molar-refractivity contribution is 7.48. The van der Waals surface area contributed by atoms with E-state index in [0.29, 0.717) is 5.02 Å². The van der Waals surface area contributed by atoms with Gasteiger partial charge >= 0.3 is 0 Å². The first-order valence-electron chi connectivity index (χ1n) is 5.70. The van der Waals surface area contributed by atoms with Crippen LogP contribution in [0.3, 0.4) is 0 Å². The average molecular weight is 324 g/mol. The Bertz CT molecular complexity index is 337. The molecule has 1 atom stereocenters. The number of halogens is 1. The second kappa shape index (κ2) is 12.1. The van der Waals surface area contributed by atoms with E-state index in [-0.39, 0.29) is 5.75 Å². The lowest BCUT2D eigenvalue weighted by atomic mass is 10.1. The number of carbonyl (C=O) groups excluding carboxylic acids is 1. The number of hydrogen-bond acceptors (Lipinski definition) is 5. The number of aldehydes is 1. The second-order valence-corrected chi connectivity index (χ2v) is 6.07. The molecule has 1 unspecified atom stereocenters. The molecule has 0 aliphatic rings. The molecule has 0 aliphatic heterocycles. The molecule has 20 heavy (non-hydrogen) atoms. The van der Waals surface area contributed by atoms with Gasteiger partial charge in [0.05, 0.1) is 13.8 Å². The van der Waals surface area contributed by atoms with Gasteiger partial charge in [-0.15, -0.1) is 0 Å². The molecule has 0 amide bonds. The van der Waals surface area contributed by atoms with Crippen molar-refractivity contribution in [2.45, 2.75) is 19.4 Å². The van der Waals surface area contributed by atoms with Gasteiger partial charge in [-0.25, -0.2) is 0 Å². The summed E-state index contributed by atoms with van der Waals surface area (Å²) in [7, 11) is 2.07. The third-order valence-corrected chi connectivity index (χ3v) is 2.72. The summed E-state index contributed by atoms with van der Waals surface area (Å²) in [4.78, 5) is 19.0. The molecule has 5 nitrogen and oxygen atoms in total. The molecule has 0 spiro atoms. The van der Waals surface area contributed by atoms with Crippen LogP contribution < -0.4 is 5.09 Å². The number of phenols is 1. The van der Waals surface area contributed by atoms with Crippen LogP contribution in [0.4, 0.5) is 0 Å². The molecule has 0 aromatic heterocycles. The van der Waals surface area contributed by atoms with Crippen molar-refractivity contribution < 1.29 is 19.5 Å². The highest BCUT2D eigenvalue weighted by atomic mass is 35.5. The largest absolute Gasteiger partial charge is 0.508 e. The lowest BCUT2D eigenvalue weighted by Crippen LogP contribution is -2.36. The predicted octanol–water partition coefficient (Wildman–Crippen LogP) is 2.80. The molecular formula is C13H23ClNO4P. The van der Waals surface area contributed by atoms with Crippen LogP contribution in [0.5, 0.6) is 5.75 Å². The van der Waals surface area contributed by atoms with Gasteiger partial charge < -0.3 is 19.5 Å². The molecule has 1 aromatic carbocycles. The van der Waals surface area contributed by atoms with Crippen molar-refractivity contribution in [1.29, 1.82) is 0 Å². The van der Waals surface area contributed by atoms with Crippen LogP contribution in [0.1, 0.15) is 13.8 Å². The fourth-order valence-electron chi connectivity index (χ4n) is 0.884. The highest BCUT2D eigenvalue weighted by Gasteiger charge is 2.16. The minimum absolute atomic E-state index is 0.245. The van der Waals surface area contributed by atoms with Crippen molar-refractivity contribution in [2.75, 3.05) is 20.9 Å². The molecule has 1 rings (SSSR count). The van der Waals surface area contributed by atoms with Gasteiger partial charge in [-0.1, -0.05) is 11.6 Å². The van der Waals surface area contributed by atoms with Crippen molar-refractivity contribution in [3.63, 3.8) is 0 Å². The quantitative estimate of drug-likeness (QED) is 0.589. The summed E-state index contributed by atoms with van der Waals surface area (Å²) < 4.78 is 4.25. The Labute approximate surface area is 126 Å². The molecule has 1 aromatic rings. The van der Waals surface area contributed by atoms with Crippen molar-refractivity contribution in [3.8, 4) is 5.75 Å². The molecule has 0 aliphatic carbocycles. The third kappa shape index (κ3) is 15.3. The van der Waals surface area contributed by atoms with Crippen LogP contribution in [0.2, 0.25) is 5.02 Å². The molecule has 7 heteroatoms.